The first-order valence-electron chi connectivity index (χ1n) is 9.10. The Morgan fingerprint density at radius 3 is 2.05 bits per heavy atom. The number of hydrogen-bond acceptors (Lipinski definition) is 2. The van der Waals surface area contributed by atoms with Gasteiger partial charge in [0, 0.05) is 12.5 Å². The number of unbranched alkanes of at least 4 members (excludes halogenated alkanes) is 6. The molecule has 0 spiro atoms. The van der Waals surface area contributed by atoms with E-state index in [0.717, 1.165) is 25.7 Å². The summed E-state index contributed by atoms with van der Waals surface area (Å²) in [6.45, 7) is 8.12. The Labute approximate surface area is 136 Å². The Morgan fingerprint density at radius 1 is 0.818 bits per heavy atom. The van der Waals surface area contributed by atoms with Crippen molar-refractivity contribution in [3.05, 3.63) is 0 Å². The van der Waals surface area contributed by atoms with E-state index in [1.807, 2.05) is 6.92 Å². The molecule has 2 amide bonds. The third-order valence-electron chi connectivity index (χ3n) is 3.91. The summed E-state index contributed by atoms with van der Waals surface area (Å²) in [5, 5.41) is 5.77. The van der Waals surface area contributed by atoms with Gasteiger partial charge < -0.3 is 10.6 Å². The minimum Gasteiger partial charge on any atom is -0.352 e. The molecule has 0 aromatic rings. The van der Waals surface area contributed by atoms with Gasteiger partial charge in [-0.25, -0.2) is 0 Å². The Balaban J connectivity index is 3.81. The lowest BCUT2D eigenvalue weighted by Gasteiger charge is -2.18. The molecule has 4 heteroatoms. The summed E-state index contributed by atoms with van der Waals surface area (Å²) >= 11 is 0. The number of carbonyl (C=O) groups is 2. The van der Waals surface area contributed by atoms with Crippen LogP contribution in [0.5, 0.6) is 0 Å². The Kier molecular flexibility index (Phi) is 12.9. The average Bonchev–Trinajstić information content (AvgIpc) is 2.47. The highest BCUT2D eigenvalue weighted by Gasteiger charge is 2.16. The average molecular weight is 312 g/mol. The van der Waals surface area contributed by atoms with E-state index in [1.54, 1.807) is 6.92 Å². The molecule has 0 radical (unpaired) electrons. The van der Waals surface area contributed by atoms with Crippen molar-refractivity contribution in [1.82, 2.24) is 10.6 Å². The van der Waals surface area contributed by atoms with E-state index in [-0.39, 0.29) is 17.9 Å². The normalized spacial score (nSPS) is 13.5. The summed E-state index contributed by atoms with van der Waals surface area (Å²) in [5.74, 6) is -0.0962. The fourth-order valence-corrected chi connectivity index (χ4v) is 2.41. The third-order valence-corrected chi connectivity index (χ3v) is 3.91. The number of amides is 2. The van der Waals surface area contributed by atoms with E-state index in [9.17, 15) is 9.59 Å². The standard InChI is InChI=1S/C18H36N2O2/c1-5-7-9-10-12-14-17(21)20-16(4)18(22)19-15(3)13-11-8-6-2/h15-16H,5-14H2,1-4H3,(H,19,22)(H,20,21)/t15-,16-/m0/s1. The molecule has 0 aliphatic carbocycles. The van der Waals surface area contributed by atoms with Gasteiger partial charge in [-0.3, -0.25) is 9.59 Å². The van der Waals surface area contributed by atoms with Crippen LogP contribution < -0.4 is 10.6 Å². The van der Waals surface area contributed by atoms with Gasteiger partial charge in [-0.1, -0.05) is 58.8 Å². The van der Waals surface area contributed by atoms with Crippen LogP contribution in [0.1, 0.15) is 91.9 Å². The van der Waals surface area contributed by atoms with Crippen LogP contribution in [-0.4, -0.2) is 23.9 Å². The van der Waals surface area contributed by atoms with Gasteiger partial charge in [0.05, 0.1) is 0 Å². The predicted molar refractivity (Wildman–Crippen MR) is 92.7 cm³/mol. The summed E-state index contributed by atoms with van der Waals surface area (Å²) in [4.78, 5) is 23.8. The highest BCUT2D eigenvalue weighted by Crippen LogP contribution is 2.05. The van der Waals surface area contributed by atoms with Crippen LogP contribution in [0.15, 0.2) is 0 Å². The molecule has 130 valence electrons. The lowest BCUT2D eigenvalue weighted by molar-refractivity contribution is -0.129. The second-order valence-electron chi connectivity index (χ2n) is 6.36. The van der Waals surface area contributed by atoms with E-state index < -0.39 is 6.04 Å². The van der Waals surface area contributed by atoms with E-state index >= 15 is 0 Å². The minimum absolute atomic E-state index is 0.0159. The van der Waals surface area contributed by atoms with Crippen molar-refractivity contribution >= 4 is 11.8 Å². The van der Waals surface area contributed by atoms with Crippen molar-refractivity contribution in [1.29, 1.82) is 0 Å². The fraction of sp³-hybridized carbons (Fsp3) is 0.889. The number of nitrogens with one attached hydrogen (secondary N) is 2. The van der Waals surface area contributed by atoms with Gasteiger partial charge in [0.1, 0.15) is 6.04 Å². The molecule has 2 atom stereocenters. The van der Waals surface area contributed by atoms with Crippen LogP contribution in [-0.2, 0) is 9.59 Å². The molecule has 0 bridgehead atoms. The predicted octanol–water partition coefficient (Wildman–Crippen LogP) is 3.94. The maximum Gasteiger partial charge on any atom is 0.242 e. The van der Waals surface area contributed by atoms with Crippen LogP contribution in [0.4, 0.5) is 0 Å². The summed E-state index contributed by atoms with van der Waals surface area (Å²) in [6.07, 6.45) is 10.7. The molecule has 0 rings (SSSR count). The van der Waals surface area contributed by atoms with Crippen molar-refractivity contribution in [2.45, 2.75) is 104 Å². The number of carbonyl (C=O) groups excluding carboxylic acids is 2. The van der Waals surface area contributed by atoms with E-state index in [4.69, 9.17) is 0 Å². The molecule has 22 heavy (non-hydrogen) atoms. The first-order chi connectivity index (χ1) is 10.5. The Morgan fingerprint density at radius 2 is 1.41 bits per heavy atom. The van der Waals surface area contributed by atoms with Crippen LogP contribution in [0, 0.1) is 0 Å². The monoisotopic (exact) mass is 312 g/mol. The summed E-state index contributed by atoms with van der Waals surface area (Å²) in [6, 6.07) is -0.274. The zero-order chi connectivity index (χ0) is 16.8. The second kappa shape index (κ2) is 13.6. The highest BCUT2D eigenvalue weighted by molar-refractivity contribution is 5.87. The molecule has 0 unspecified atom stereocenters. The van der Waals surface area contributed by atoms with Gasteiger partial charge in [0.15, 0.2) is 0 Å². The zero-order valence-electron chi connectivity index (χ0n) is 15.0. The van der Waals surface area contributed by atoms with E-state index in [0.29, 0.717) is 6.42 Å². The highest BCUT2D eigenvalue weighted by atomic mass is 16.2. The van der Waals surface area contributed by atoms with Crippen molar-refractivity contribution in [3.63, 3.8) is 0 Å². The van der Waals surface area contributed by atoms with Gasteiger partial charge in [-0.15, -0.1) is 0 Å². The smallest absolute Gasteiger partial charge is 0.242 e. The quantitative estimate of drug-likeness (QED) is 0.506. The lowest BCUT2D eigenvalue weighted by Crippen LogP contribution is -2.47. The number of rotatable bonds is 13. The molecule has 4 nitrogen and oxygen atoms in total. The van der Waals surface area contributed by atoms with Crippen molar-refractivity contribution in [2.75, 3.05) is 0 Å². The molecule has 0 aromatic carbocycles. The Hall–Kier alpha value is -1.06. The molecule has 0 fully saturated rings. The SMILES string of the molecule is CCCCCCCC(=O)N[C@@H](C)C(=O)N[C@@H](C)CCCCC. The minimum atomic E-state index is -0.447. The maximum atomic E-state index is 12.0. The lowest BCUT2D eigenvalue weighted by atomic mass is 10.1. The molecule has 0 aliphatic rings. The van der Waals surface area contributed by atoms with Crippen LogP contribution >= 0.6 is 0 Å². The Bertz CT molecular complexity index is 305. The summed E-state index contributed by atoms with van der Waals surface area (Å²) in [5.41, 5.74) is 0. The molecular formula is C18H36N2O2. The molecule has 0 saturated carbocycles. The van der Waals surface area contributed by atoms with Gasteiger partial charge in [0.2, 0.25) is 11.8 Å². The topological polar surface area (TPSA) is 58.2 Å². The fourth-order valence-electron chi connectivity index (χ4n) is 2.41. The summed E-state index contributed by atoms with van der Waals surface area (Å²) in [7, 11) is 0. The second-order valence-corrected chi connectivity index (χ2v) is 6.36. The molecule has 0 aromatic heterocycles. The first kappa shape index (κ1) is 20.9. The van der Waals surface area contributed by atoms with Gasteiger partial charge in [-0.2, -0.15) is 0 Å². The molecule has 0 aliphatic heterocycles. The first-order valence-corrected chi connectivity index (χ1v) is 9.10. The van der Waals surface area contributed by atoms with E-state index in [2.05, 4.69) is 24.5 Å². The molecule has 2 N–H and O–H groups in total. The zero-order valence-corrected chi connectivity index (χ0v) is 15.0. The van der Waals surface area contributed by atoms with Gasteiger partial charge >= 0.3 is 0 Å². The maximum absolute atomic E-state index is 12.0. The van der Waals surface area contributed by atoms with E-state index in [1.165, 1.54) is 32.1 Å². The van der Waals surface area contributed by atoms with Crippen LogP contribution in [0.2, 0.25) is 0 Å². The number of hydrogen-bond donors (Lipinski definition) is 2. The molecular weight excluding hydrogens is 276 g/mol. The van der Waals surface area contributed by atoms with Crippen LogP contribution in [0.3, 0.4) is 0 Å². The van der Waals surface area contributed by atoms with Crippen molar-refractivity contribution < 1.29 is 9.59 Å². The summed E-state index contributed by atoms with van der Waals surface area (Å²) < 4.78 is 0. The third kappa shape index (κ3) is 11.6. The van der Waals surface area contributed by atoms with Crippen molar-refractivity contribution in [2.24, 2.45) is 0 Å². The van der Waals surface area contributed by atoms with Crippen LogP contribution in [0.25, 0.3) is 0 Å². The molecule has 0 saturated heterocycles. The van der Waals surface area contributed by atoms with Gasteiger partial charge in [0.25, 0.3) is 0 Å². The van der Waals surface area contributed by atoms with Gasteiger partial charge in [-0.05, 0) is 26.7 Å². The largest absolute Gasteiger partial charge is 0.352 e. The van der Waals surface area contributed by atoms with Crippen molar-refractivity contribution in [3.8, 4) is 0 Å². The molecule has 0 heterocycles.